The highest BCUT2D eigenvalue weighted by Gasteiger charge is 2.14. The fraction of sp³-hybridized carbons (Fsp3) is 0.571. The minimum absolute atomic E-state index is 0.00772. The first-order chi connectivity index (χ1) is 7.94. The van der Waals surface area contributed by atoms with Crippen LogP contribution >= 0.6 is 0 Å². The summed E-state index contributed by atoms with van der Waals surface area (Å²) in [6.45, 7) is 6.11. The zero-order chi connectivity index (χ0) is 12.9. The van der Waals surface area contributed by atoms with Crippen molar-refractivity contribution in [1.82, 2.24) is 0 Å². The van der Waals surface area contributed by atoms with E-state index in [0.717, 1.165) is 17.7 Å². The Hall–Kier alpha value is -1.06. The summed E-state index contributed by atoms with van der Waals surface area (Å²) in [5.41, 5.74) is 6.36. The molecule has 0 aliphatic heterocycles. The molecule has 0 bridgehead atoms. The summed E-state index contributed by atoms with van der Waals surface area (Å²) in [5.74, 6) is 0.825. The summed E-state index contributed by atoms with van der Waals surface area (Å²) < 4.78 is 5.70. The van der Waals surface area contributed by atoms with Crippen LogP contribution in [0, 0.1) is 0 Å². The van der Waals surface area contributed by atoms with Crippen LogP contribution in [-0.2, 0) is 0 Å². The van der Waals surface area contributed by atoms with Crippen LogP contribution in [0.25, 0.3) is 0 Å². The molecule has 96 valence electrons. The molecule has 1 aromatic rings. The number of nitrogens with two attached hydrogens (primary N) is 1. The van der Waals surface area contributed by atoms with E-state index in [4.69, 9.17) is 10.5 Å². The van der Waals surface area contributed by atoms with Crippen molar-refractivity contribution in [3.8, 4) is 5.75 Å². The van der Waals surface area contributed by atoms with Gasteiger partial charge in [-0.2, -0.15) is 0 Å². The van der Waals surface area contributed by atoms with Crippen molar-refractivity contribution in [1.29, 1.82) is 0 Å². The zero-order valence-corrected chi connectivity index (χ0v) is 10.9. The molecular weight excluding hydrogens is 214 g/mol. The second-order valence-electron chi connectivity index (χ2n) is 4.96. The van der Waals surface area contributed by atoms with E-state index in [0.29, 0.717) is 13.0 Å². The van der Waals surface area contributed by atoms with E-state index in [1.165, 1.54) is 0 Å². The van der Waals surface area contributed by atoms with Crippen LogP contribution < -0.4 is 10.5 Å². The Labute approximate surface area is 104 Å². The van der Waals surface area contributed by atoms with Gasteiger partial charge in [-0.1, -0.05) is 25.1 Å². The molecule has 17 heavy (non-hydrogen) atoms. The average molecular weight is 237 g/mol. The van der Waals surface area contributed by atoms with Crippen LogP contribution in [0.15, 0.2) is 24.3 Å². The summed E-state index contributed by atoms with van der Waals surface area (Å²) in [4.78, 5) is 0. The van der Waals surface area contributed by atoms with Gasteiger partial charge < -0.3 is 15.6 Å². The normalized spacial score (nSPS) is 13.5. The Kier molecular flexibility index (Phi) is 4.97. The maximum absolute atomic E-state index is 9.62. The third-order valence-electron chi connectivity index (χ3n) is 2.73. The van der Waals surface area contributed by atoms with Crippen LogP contribution in [0.2, 0.25) is 0 Å². The van der Waals surface area contributed by atoms with Gasteiger partial charge in [0.25, 0.3) is 0 Å². The quantitative estimate of drug-likeness (QED) is 0.799. The van der Waals surface area contributed by atoms with Crippen molar-refractivity contribution < 1.29 is 9.84 Å². The topological polar surface area (TPSA) is 55.5 Å². The molecule has 3 heteroatoms. The predicted octanol–water partition coefficient (Wildman–Crippen LogP) is 2.64. The minimum Gasteiger partial charge on any atom is -0.493 e. The Bertz CT molecular complexity index is 344. The SMILES string of the molecule is CC[C@H](N)c1ccccc1OCCC(C)(C)O. The van der Waals surface area contributed by atoms with Gasteiger partial charge >= 0.3 is 0 Å². The first-order valence-corrected chi connectivity index (χ1v) is 6.13. The molecular formula is C14H23NO2. The van der Waals surface area contributed by atoms with Gasteiger partial charge in [0.1, 0.15) is 5.75 Å². The lowest BCUT2D eigenvalue weighted by Crippen LogP contribution is -2.22. The highest BCUT2D eigenvalue weighted by molar-refractivity contribution is 5.35. The van der Waals surface area contributed by atoms with Crippen molar-refractivity contribution in [2.75, 3.05) is 6.61 Å². The standard InChI is InChI=1S/C14H23NO2/c1-4-12(15)11-7-5-6-8-13(11)17-10-9-14(2,3)16/h5-8,12,16H,4,9-10,15H2,1-3H3/t12-/m0/s1. The van der Waals surface area contributed by atoms with Crippen LogP contribution in [-0.4, -0.2) is 17.3 Å². The molecule has 3 nitrogen and oxygen atoms in total. The smallest absolute Gasteiger partial charge is 0.124 e. The molecule has 1 aromatic carbocycles. The molecule has 0 heterocycles. The lowest BCUT2D eigenvalue weighted by molar-refractivity contribution is 0.0551. The Morgan fingerprint density at radius 3 is 2.59 bits per heavy atom. The monoisotopic (exact) mass is 237 g/mol. The maximum Gasteiger partial charge on any atom is 0.124 e. The number of para-hydroxylation sites is 1. The largest absolute Gasteiger partial charge is 0.493 e. The molecule has 0 aromatic heterocycles. The predicted molar refractivity (Wildman–Crippen MR) is 70.1 cm³/mol. The van der Waals surface area contributed by atoms with Crippen molar-refractivity contribution in [2.45, 2.75) is 45.3 Å². The van der Waals surface area contributed by atoms with Gasteiger partial charge in [0.15, 0.2) is 0 Å². The van der Waals surface area contributed by atoms with E-state index in [1.54, 1.807) is 13.8 Å². The van der Waals surface area contributed by atoms with E-state index in [-0.39, 0.29) is 6.04 Å². The molecule has 1 rings (SSSR count). The average Bonchev–Trinajstić information content (AvgIpc) is 2.27. The van der Waals surface area contributed by atoms with E-state index in [2.05, 4.69) is 6.92 Å². The molecule has 1 atom stereocenters. The zero-order valence-electron chi connectivity index (χ0n) is 10.9. The van der Waals surface area contributed by atoms with Gasteiger partial charge in [-0.05, 0) is 26.3 Å². The number of rotatable bonds is 6. The first-order valence-electron chi connectivity index (χ1n) is 6.13. The Morgan fingerprint density at radius 1 is 1.35 bits per heavy atom. The summed E-state index contributed by atoms with van der Waals surface area (Å²) in [5, 5.41) is 9.62. The van der Waals surface area contributed by atoms with E-state index >= 15 is 0 Å². The minimum atomic E-state index is -0.693. The fourth-order valence-electron chi connectivity index (χ4n) is 1.55. The van der Waals surface area contributed by atoms with Crippen molar-refractivity contribution in [2.24, 2.45) is 5.73 Å². The summed E-state index contributed by atoms with van der Waals surface area (Å²) in [6, 6.07) is 7.83. The van der Waals surface area contributed by atoms with Gasteiger partial charge in [-0.15, -0.1) is 0 Å². The molecule has 0 saturated carbocycles. The highest BCUT2D eigenvalue weighted by Crippen LogP contribution is 2.25. The van der Waals surface area contributed by atoms with Gasteiger partial charge in [0.05, 0.1) is 12.2 Å². The van der Waals surface area contributed by atoms with Crippen molar-refractivity contribution in [3.63, 3.8) is 0 Å². The molecule has 3 N–H and O–H groups in total. The van der Waals surface area contributed by atoms with Gasteiger partial charge in [-0.3, -0.25) is 0 Å². The number of hydrogen-bond acceptors (Lipinski definition) is 3. The molecule has 0 aliphatic rings. The summed E-state index contributed by atoms with van der Waals surface area (Å²) in [6.07, 6.45) is 1.48. The van der Waals surface area contributed by atoms with Crippen molar-refractivity contribution >= 4 is 0 Å². The number of benzene rings is 1. The highest BCUT2D eigenvalue weighted by atomic mass is 16.5. The second-order valence-corrected chi connectivity index (χ2v) is 4.96. The van der Waals surface area contributed by atoms with Crippen LogP contribution in [0.4, 0.5) is 0 Å². The molecule has 0 unspecified atom stereocenters. The lowest BCUT2D eigenvalue weighted by Gasteiger charge is -2.19. The maximum atomic E-state index is 9.62. The number of hydrogen-bond donors (Lipinski definition) is 2. The summed E-state index contributed by atoms with van der Waals surface area (Å²) >= 11 is 0. The van der Waals surface area contributed by atoms with E-state index in [9.17, 15) is 5.11 Å². The third kappa shape index (κ3) is 4.75. The summed E-state index contributed by atoms with van der Waals surface area (Å²) in [7, 11) is 0. The van der Waals surface area contributed by atoms with Crippen molar-refractivity contribution in [3.05, 3.63) is 29.8 Å². The molecule has 0 amide bonds. The molecule has 0 aliphatic carbocycles. The molecule has 0 radical (unpaired) electrons. The number of ether oxygens (including phenoxy) is 1. The molecule has 0 fully saturated rings. The van der Waals surface area contributed by atoms with Crippen LogP contribution in [0.1, 0.15) is 45.2 Å². The van der Waals surface area contributed by atoms with Gasteiger partial charge in [-0.25, -0.2) is 0 Å². The lowest BCUT2D eigenvalue weighted by atomic mass is 10.0. The Morgan fingerprint density at radius 2 is 2.00 bits per heavy atom. The molecule has 0 saturated heterocycles. The van der Waals surface area contributed by atoms with Crippen LogP contribution in [0.3, 0.4) is 0 Å². The second kappa shape index (κ2) is 6.03. The van der Waals surface area contributed by atoms with Gasteiger partial charge in [0.2, 0.25) is 0 Å². The van der Waals surface area contributed by atoms with E-state index < -0.39 is 5.60 Å². The first kappa shape index (κ1) is 14.0. The third-order valence-corrected chi connectivity index (χ3v) is 2.73. The number of aliphatic hydroxyl groups is 1. The van der Waals surface area contributed by atoms with Gasteiger partial charge in [0, 0.05) is 18.0 Å². The van der Waals surface area contributed by atoms with Crippen LogP contribution in [0.5, 0.6) is 5.75 Å². The van der Waals surface area contributed by atoms with E-state index in [1.807, 2.05) is 24.3 Å². The molecule has 0 spiro atoms. The Balaban J connectivity index is 2.64. The fourth-order valence-corrected chi connectivity index (χ4v) is 1.55.